The van der Waals surface area contributed by atoms with Crippen LogP contribution in [-0.2, 0) is 7.05 Å². The number of fused-ring (bicyclic) bond motifs is 1. The topological polar surface area (TPSA) is 33.6 Å². The Labute approximate surface area is 76.5 Å². The lowest BCUT2D eigenvalue weighted by atomic mass is 10.5. The molecule has 0 saturated heterocycles. The molecule has 0 aromatic carbocycles. The van der Waals surface area contributed by atoms with Gasteiger partial charge in [0.25, 0.3) is 0 Å². The average Bonchev–Trinajstić information content (AvgIpc) is 2.53. The van der Waals surface area contributed by atoms with Crippen LogP contribution in [-0.4, -0.2) is 14.8 Å². The lowest BCUT2D eigenvalue weighted by molar-refractivity contribution is 0.963. The van der Waals surface area contributed by atoms with Crippen molar-refractivity contribution in [3.05, 3.63) is 15.8 Å². The molecule has 0 atom stereocenters. The molecule has 58 valence electrons. The normalized spacial score (nSPS) is 11.2. The molecular formula is C6H5BrClN3. The van der Waals surface area contributed by atoms with Crippen LogP contribution in [0.2, 0.25) is 5.15 Å². The molecule has 2 rings (SSSR count). The van der Waals surface area contributed by atoms with Crippen molar-refractivity contribution in [2.75, 3.05) is 0 Å². The van der Waals surface area contributed by atoms with Crippen LogP contribution in [0.25, 0.3) is 11.0 Å². The Morgan fingerprint density at radius 2 is 2.45 bits per heavy atom. The highest BCUT2D eigenvalue weighted by Gasteiger charge is 2.11. The molecule has 0 spiro atoms. The van der Waals surface area contributed by atoms with E-state index in [1.54, 1.807) is 6.20 Å². The van der Waals surface area contributed by atoms with Crippen LogP contribution in [0, 0.1) is 0 Å². The molecule has 2 aromatic heterocycles. The Bertz CT molecular complexity index is 369. The zero-order chi connectivity index (χ0) is 8.01. The number of H-pyrrole nitrogens is 1. The number of nitrogens with zero attached hydrogens (tertiary/aromatic N) is 2. The number of hydrogen-bond donors (Lipinski definition) is 1. The van der Waals surface area contributed by atoms with Crippen molar-refractivity contribution in [2.24, 2.45) is 7.05 Å². The van der Waals surface area contributed by atoms with Gasteiger partial charge in [0.05, 0.1) is 21.7 Å². The van der Waals surface area contributed by atoms with Crippen molar-refractivity contribution in [2.45, 2.75) is 0 Å². The van der Waals surface area contributed by atoms with Crippen molar-refractivity contribution >= 4 is 38.6 Å². The lowest BCUT2D eigenvalue weighted by Gasteiger charge is -1.91. The highest BCUT2D eigenvalue weighted by atomic mass is 79.9. The Morgan fingerprint density at radius 1 is 1.73 bits per heavy atom. The third kappa shape index (κ3) is 0.827. The second kappa shape index (κ2) is 2.25. The van der Waals surface area contributed by atoms with Gasteiger partial charge in [0.2, 0.25) is 0 Å². The standard InChI is InChI=1S/C6H5BrClN3/c1-11-3-2-9-10-5(3)4(7)6(11)8/h2H,1H3,(H,9,10). The van der Waals surface area contributed by atoms with E-state index in [2.05, 4.69) is 26.1 Å². The minimum Gasteiger partial charge on any atom is -0.331 e. The molecule has 0 aliphatic heterocycles. The molecule has 0 amide bonds. The van der Waals surface area contributed by atoms with E-state index in [-0.39, 0.29) is 0 Å². The molecule has 0 radical (unpaired) electrons. The lowest BCUT2D eigenvalue weighted by Crippen LogP contribution is -1.84. The summed E-state index contributed by atoms with van der Waals surface area (Å²) in [6.07, 6.45) is 1.74. The summed E-state index contributed by atoms with van der Waals surface area (Å²) in [6.45, 7) is 0. The van der Waals surface area contributed by atoms with Gasteiger partial charge < -0.3 is 4.57 Å². The molecule has 0 aliphatic rings. The summed E-state index contributed by atoms with van der Waals surface area (Å²) in [5.74, 6) is 0. The quantitative estimate of drug-likeness (QED) is 0.746. The number of halogens is 2. The molecule has 2 aromatic rings. The third-order valence-electron chi connectivity index (χ3n) is 1.68. The van der Waals surface area contributed by atoms with Gasteiger partial charge in [0.1, 0.15) is 5.15 Å². The minimum atomic E-state index is 0.689. The number of hydrogen-bond acceptors (Lipinski definition) is 1. The molecule has 0 fully saturated rings. The number of aryl methyl sites for hydroxylation is 1. The summed E-state index contributed by atoms with van der Waals surface area (Å²) in [6, 6.07) is 0. The first-order valence-electron chi connectivity index (χ1n) is 3.04. The van der Waals surface area contributed by atoms with Gasteiger partial charge in [-0.1, -0.05) is 11.6 Å². The summed E-state index contributed by atoms with van der Waals surface area (Å²) in [4.78, 5) is 0. The predicted molar refractivity (Wildman–Crippen MR) is 47.8 cm³/mol. The number of aromatic amines is 1. The van der Waals surface area contributed by atoms with Gasteiger partial charge in [-0.2, -0.15) is 5.10 Å². The van der Waals surface area contributed by atoms with Gasteiger partial charge in [0, 0.05) is 7.05 Å². The molecule has 0 saturated carbocycles. The minimum absolute atomic E-state index is 0.689. The van der Waals surface area contributed by atoms with Crippen LogP contribution in [0.5, 0.6) is 0 Å². The summed E-state index contributed by atoms with van der Waals surface area (Å²) >= 11 is 9.29. The number of aromatic nitrogens is 3. The average molecular weight is 234 g/mol. The Morgan fingerprint density at radius 3 is 3.09 bits per heavy atom. The second-order valence-corrected chi connectivity index (χ2v) is 3.45. The van der Waals surface area contributed by atoms with Crippen molar-refractivity contribution < 1.29 is 0 Å². The molecular weight excluding hydrogens is 229 g/mol. The summed E-state index contributed by atoms with van der Waals surface area (Å²) in [5.41, 5.74) is 1.94. The van der Waals surface area contributed by atoms with Gasteiger partial charge in [-0.25, -0.2) is 0 Å². The van der Waals surface area contributed by atoms with E-state index in [0.29, 0.717) is 5.15 Å². The second-order valence-electron chi connectivity index (χ2n) is 2.29. The van der Waals surface area contributed by atoms with E-state index in [1.165, 1.54) is 0 Å². The Balaban J connectivity index is 3.00. The highest BCUT2D eigenvalue weighted by Crippen LogP contribution is 2.31. The zero-order valence-corrected chi connectivity index (χ0v) is 8.07. The van der Waals surface area contributed by atoms with Crippen molar-refractivity contribution in [3.63, 3.8) is 0 Å². The SMILES string of the molecule is Cn1c(Cl)c(Br)c2[nH]ncc21. The van der Waals surface area contributed by atoms with Crippen molar-refractivity contribution in [1.82, 2.24) is 14.8 Å². The number of rotatable bonds is 0. The summed E-state index contributed by atoms with van der Waals surface area (Å²) in [7, 11) is 1.89. The summed E-state index contributed by atoms with van der Waals surface area (Å²) < 4.78 is 2.74. The zero-order valence-electron chi connectivity index (χ0n) is 5.73. The molecule has 1 N–H and O–H groups in total. The molecule has 2 heterocycles. The van der Waals surface area contributed by atoms with Crippen LogP contribution < -0.4 is 0 Å². The maximum atomic E-state index is 5.93. The fraction of sp³-hybridized carbons (Fsp3) is 0.167. The largest absolute Gasteiger partial charge is 0.331 e. The third-order valence-corrected chi connectivity index (χ3v) is 3.12. The smallest absolute Gasteiger partial charge is 0.125 e. The van der Waals surface area contributed by atoms with Gasteiger partial charge in [0.15, 0.2) is 0 Å². The molecule has 5 heteroatoms. The van der Waals surface area contributed by atoms with E-state index in [9.17, 15) is 0 Å². The molecule has 0 unspecified atom stereocenters. The van der Waals surface area contributed by atoms with Crippen LogP contribution in [0.3, 0.4) is 0 Å². The molecule has 0 aliphatic carbocycles. The Kier molecular flexibility index (Phi) is 1.47. The van der Waals surface area contributed by atoms with E-state index < -0.39 is 0 Å². The van der Waals surface area contributed by atoms with E-state index in [0.717, 1.165) is 15.5 Å². The fourth-order valence-electron chi connectivity index (χ4n) is 1.05. The molecule has 11 heavy (non-hydrogen) atoms. The first kappa shape index (κ1) is 7.18. The first-order valence-corrected chi connectivity index (χ1v) is 4.21. The molecule has 0 bridgehead atoms. The van der Waals surface area contributed by atoms with Gasteiger partial charge >= 0.3 is 0 Å². The maximum Gasteiger partial charge on any atom is 0.125 e. The van der Waals surface area contributed by atoms with Crippen molar-refractivity contribution in [1.29, 1.82) is 0 Å². The summed E-state index contributed by atoms with van der Waals surface area (Å²) in [5, 5.41) is 7.43. The van der Waals surface area contributed by atoms with Gasteiger partial charge in [-0.15, -0.1) is 0 Å². The van der Waals surface area contributed by atoms with Crippen LogP contribution in [0.4, 0.5) is 0 Å². The fourth-order valence-corrected chi connectivity index (χ4v) is 1.80. The van der Waals surface area contributed by atoms with E-state index >= 15 is 0 Å². The number of nitrogens with one attached hydrogen (secondary N) is 1. The van der Waals surface area contributed by atoms with Crippen molar-refractivity contribution in [3.8, 4) is 0 Å². The van der Waals surface area contributed by atoms with Gasteiger partial charge in [-0.05, 0) is 15.9 Å². The first-order chi connectivity index (χ1) is 5.22. The maximum absolute atomic E-state index is 5.93. The van der Waals surface area contributed by atoms with Crippen LogP contribution in [0.1, 0.15) is 0 Å². The Hall–Kier alpha value is -0.480. The predicted octanol–water partition coefficient (Wildman–Crippen LogP) is 2.32. The highest BCUT2D eigenvalue weighted by molar-refractivity contribution is 9.10. The van der Waals surface area contributed by atoms with E-state index in [4.69, 9.17) is 11.6 Å². The van der Waals surface area contributed by atoms with E-state index in [1.807, 2.05) is 11.6 Å². The van der Waals surface area contributed by atoms with Gasteiger partial charge in [-0.3, -0.25) is 5.10 Å². The monoisotopic (exact) mass is 233 g/mol. The van der Waals surface area contributed by atoms with Crippen LogP contribution >= 0.6 is 27.5 Å². The van der Waals surface area contributed by atoms with Crippen LogP contribution in [0.15, 0.2) is 10.7 Å². The molecule has 3 nitrogen and oxygen atoms in total.